The fraction of sp³-hybridized carbons (Fsp3) is 0.269. The molecule has 0 radical (unpaired) electrons. The molecule has 0 aliphatic carbocycles. The Labute approximate surface area is 388 Å². The third-order valence-electron chi connectivity index (χ3n) is 11.7. The van der Waals surface area contributed by atoms with E-state index in [0.717, 1.165) is 55.9 Å². The Bertz CT molecular complexity index is 2910. The number of hydrogen-bond donors (Lipinski definition) is 7. The van der Waals surface area contributed by atoms with Gasteiger partial charge in [0.15, 0.2) is 0 Å². The molecule has 1 unspecified atom stereocenters. The molecule has 0 heterocycles. The van der Waals surface area contributed by atoms with Crippen LogP contribution in [0.3, 0.4) is 0 Å². The quantitative estimate of drug-likeness (QED) is 0.0298. The summed E-state index contributed by atoms with van der Waals surface area (Å²) in [5, 5.41) is 73.6. The van der Waals surface area contributed by atoms with Gasteiger partial charge in [-0.1, -0.05) is 97.8 Å². The van der Waals surface area contributed by atoms with Crippen LogP contribution in [0.5, 0.6) is 23.0 Å². The van der Waals surface area contributed by atoms with E-state index in [1.807, 2.05) is 18.2 Å². The molecule has 0 aromatic heterocycles. The maximum Gasteiger partial charge on any atom is 0.339 e. The molecule has 0 amide bonds. The van der Waals surface area contributed by atoms with Crippen molar-refractivity contribution in [2.24, 2.45) is 0 Å². The molecule has 7 aromatic rings. The van der Waals surface area contributed by atoms with E-state index in [1.54, 1.807) is 36.4 Å². The van der Waals surface area contributed by atoms with Gasteiger partial charge in [0.2, 0.25) is 10.0 Å². The highest BCUT2D eigenvalue weighted by atomic mass is 32.2. The molecular weight excluding hydrogens is 877 g/mol. The van der Waals surface area contributed by atoms with Gasteiger partial charge in [0.05, 0.1) is 24.7 Å². The van der Waals surface area contributed by atoms with Crippen LogP contribution in [0.25, 0.3) is 32.3 Å². The van der Waals surface area contributed by atoms with E-state index in [0.29, 0.717) is 30.7 Å². The number of nitrogens with zero attached hydrogens (tertiary/aromatic N) is 1. The molecule has 0 fully saturated rings. The molecule has 0 saturated carbocycles. The molecule has 0 spiro atoms. The van der Waals surface area contributed by atoms with Gasteiger partial charge >= 0.3 is 11.9 Å². The number of carboxylic acid groups (broad SMARTS) is 2. The van der Waals surface area contributed by atoms with E-state index in [9.17, 15) is 48.6 Å². The maximum absolute atomic E-state index is 14.3. The maximum atomic E-state index is 14.3. The molecular formula is C52H54N2O12S. The Kier molecular flexibility index (Phi) is 15.5. The normalized spacial score (nSPS) is 12.2. The van der Waals surface area contributed by atoms with Crippen molar-refractivity contribution >= 4 is 60.0 Å². The van der Waals surface area contributed by atoms with Crippen molar-refractivity contribution in [3.8, 4) is 23.0 Å². The molecule has 1 atom stereocenters. The number of aromatic hydroxyl groups is 3. The Morgan fingerprint density at radius 1 is 0.627 bits per heavy atom. The van der Waals surface area contributed by atoms with Gasteiger partial charge in [-0.05, 0) is 107 Å². The number of rotatable bonds is 23. The topological polar surface area (TPSA) is 223 Å². The molecule has 350 valence electrons. The van der Waals surface area contributed by atoms with Crippen molar-refractivity contribution in [1.29, 1.82) is 0 Å². The number of aromatic carboxylic acids is 2. The summed E-state index contributed by atoms with van der Waals surface area (Å²) in [7, 11) is -4.63. The molecule has 7 aromatic carbocycles. The molecule has 7 N–H and O–H groups in total. The van der Waals surface area contributed by atoms with Crippen LogP contribution in [0, 0.1) is 0 Å². The second kappa shape index (κ2) is 21.6. The van der Waals surface area contributed by atoms with Gasteiger partial charge in [0, 0.05) is 30.9 Å². The minimum Gasteiger partial charge on any atom is -0.507 e. The van der Waals surface area contributed by atoms with Crippen LogP contribution < -0.4 is 14.4 Å². The standard InChI is InChI=1S/C52H54N2O12S/c1-67(63,64)54(48(46-39-18-8-6-16-35(39)29-41(49(46)57)51(59)60)47-40-19-9-7-17-36(40)30-42(50(47)58)52(61)62)43-31-37(21-23-44(43)55)45(56)32-53-24-10-2-3-11-25-65-26-12-13-27-66-38-22-20-33-14-4-5-15-34(33)28-38/h4-9,14-23,28-31,45,48,53,55-58H,2-3,10-13,24-27,32H2,1H3,(H,59,60)(H,61,62). The van der Waals surface area contributed by atoms with Gasteiger partial charge in [-0.2, -0.15) is 0 Å². The van der Waals surface area contributed by atoms with Crippen LogP contribution in [0.1, 0.15) is 88.1 Å². The molecule has 14 nitrogen and oxygen atoms in total. The van der Waals surface area contributed by atoms with Crippen molar-refractivity contribution in [3.63, 3.8) is 0 Å². The van der Waals surface area contributed by atoms with E-state index >= 15 is 0 Å². The first-order valence-electron chi connectivity index (χ1n) is 22.1. The fourth-order valence-corrected chi connectivity index (χ4v) is 9.54. The number of aliphatic hydroxyl groups is 1. The number of benzene rings is 7. The average Bonchev–Trinajstić information content (AvgIpc) is 3.30. The minimum atomic E-state index is -4.63. The minimum absolute atomic E-state index is 0.0678. The van der Waals surface area contributed by atoms with Crippen molar-refractivity contribution in [3.05, 3.63) is 149 Å². The summed E-state index contributed by atoms with van der Waals surface area (Å²) in [6.07, 6.45) is 5.03. The van der Waals surface area contributed by atoms with Crippen molar-refractivity contribution in [1.82, 2.24) is 5.32 Å². The first kappa shape index (κ1) is 48.0. The number of nitrogens with one attached hydrogen (secondary N) is 1. The first-order chi connectivity index (χ1) is 32.2. The lowest BCUT2D eigenvalue weighted by atomic mass is 9.86. The zero-order valence-corrected chi connectivity index (χ0v) is 37.8. The SMILES string of the molecule is CS(=O)(=O)N(c1cc(C(O)CNCCCCCCOCCCCOc2ccc3ccccc3c2)ccc1O)C(c1c(O)c(C(=O)O)cc2ccccc12)c1c(O)c(C(=O)O)cc2ccccc12. The van der Waals surface area contributed by atoms with Gasteiger partial charge in [-0.25, -0.2) is 18.0 Å². The van der Waals surface area contributed by atoms with E-state index in [2.05, 4.69) is 29.6 Å². The lowest BCUT2D eigenvalue weighted by molar-refractivity contribution is 0.0682. The van der Waals surface area contributed by atoms with Gasteiger partial charge in [0.25, 0.3) is 0 Å². The van der Waals surface area contributed by atoms with Gasteiger partial charge < -0.3 is 45.4 Å². The number of phenolic OH excluding ortho intramolecular Hbond substituents is 1. The Balaban J connectivity index is 1.03. The predicted octanol–water partition coefficient (Wildman–Crippen LogP) is 9.27. The van der Waals surface area contributed by atoms with E-state index in [-0.39, 0.29) is 44.8 Å². The lowest BCUT2D eigenvalue weighted by Crippen LogP contribution is -2.36. The second-order valence-corrected chi connectivity index (χ2v) is 18.3. The smallest absolute Gasteiger partial charge is 0.339 e. The molecule has 0 aliphatic heterocycles. The van der Waals surface area contributed by atoms with Crippen LogP contribution in [-0.2, 0) is 14.8 Å². The Morgan fingerprint density at radius 3 is 1.76 bits per heavy atom. The van der Waals surface area contributed by atoms with Crippen molar-refractivity contribution < 1.29 is 58.1 Å². The van der Waals surface area contributed by atoms with Crippen LogP contribution in [0.2, 0.25) is 0 Å². The number of fused-ring (bicyclic) bond motifs is 3. The van der Waals surface area contributed by atoms with Crippen molar-refractivity contribution in [2.45, 2.75) is 50.7 Å². The van der Waals surface area contributed by atoms with Crippen LogP contribution in [-0.4, -0.2) is 90.2 Å². The number of carbonyl (C=O) groups is 2. The van der Waals surface area contributed by atoms with E-state index in [4.69, 9.17) is 9.47 Å². The van der Waals surface area contributed by atoms with Gasteiger partial charge in [-0.3, -0.25) is 4.31 Å². The Hall–Kier alpha value is -6.91. The van der Waals surface area contributed by atoms with Crippen LogP contribution >= 0.6 is 0 Å². The summed E-state index contributed by atoms with van der Waals surface area (Å²) >= 11 is 0. The first-order valence-corrected chi connectivity index (χ1v) is 24.0. The zero-order valence-electron chi connectivity index (χ0n) is 37.0. The second-order valence-electron chi connectivity index (χ2n) is 16.4. The number of ether oxygens (including phenoxy) is 2. The van der Waals surface area contributed by atoms with Crippen LogP contribution in [0.4, 0.5) is 5.69 Å². The average molecular weight is 931 g/mol. The third kappa shape index (κ3) is 11.2. The van der Waals surface area contributed by atoms with E-state index in [1.165, 1.54) is 47.9 Å². The highest BCUT2D eigenvalue weighted by molar-refractivity contribution is 7.92. The summed E-state index contributed by atoms with van der Waals surface area (Å²) in [6, 6.07) is 31.3. The van der Waals surface area contributed by atoms with E-state index < -0.39 is 68.2 Å². The highest BCUT2D eigenvalue weighted by Crippen LogP contribution is 2.51. The number of hydrogen-bond acceptors (Lipinski definition) is 11. The third-order valence-corrected chi connectivity index (χ3v) is 12.9. The number of sulfonamides is 1. The summed E-state index contributed by atoms with van der Waals surface area (Å²) in [5.41, 5.74) is -1.99. The molecule has 15 heteroatoms. The fourth-order valence-electron chi connectivity index (χ4n) is 8.44. The largest absolute Gasteiger partial charge is 0.507 e. The highest BCUT2D eigenvalue weighted by Gasteiger charge is 2.40. The van der Waals surface area contributed by atoms with Gasteiger partial charge in [-0.15, -0.1) is 0 Å². The lowest BCUT2D eigenvalue weighted by Gasteiger charge is -2.35. The molecule has 0 saturated heterocycles. The van der Waals surface area contributed by atoms with Gasteiger partial charge in [0.1, 0.15) is 40.2 Å². The number of anilines is 1. The summed E-state index contributed by atoms with van der Waals surface area (Å²) in [6.45, 7) is 2.60. The van der Waals surface area contributed by atoms with Crippen LogP contribution in [0.15, 0.2) is 121 Å². The number of unbranched alkanes of at least 4 members (excludes halogenated alkanes) is 4. The molecule has 0 bridgehead atoms. The number of aliphatic hydroxyl groups excluding tert-OH is 1. The van der Waals surface area contributed by atoms with Crippen molar-refractivity contribution in [2.75, 3.05) is 43.5 Å². The summed E-state index contributed by atoms with van der Waals surface area (Å²) in [5.74, 6) is -4.50. The summed E-state index contributed by atoms with van der Waals surface area (Å²) < 4.78 is 41.0. The monoisotopic (exact) mass is 930 g/mol. The summed E-state index contributed by atoms with van der Waals surface area (Å²) in [4.78, 5) is 25.2. The number of carboxylic acids is 2. The molecule has 7 rings (SSSR count). The Morgan fingerprint density at radius 2 is 1.16 bits per heavy atom. The zero-order chi connectivity index (χ0) is 47.7. The molecule has 67 heavy (non-hydrogen) atoms. The molecule has 0 aliphatic rings. The number of phenols is 3. The predicted molar refractivity (Wildman–Crippen MR) is 258 cm³/mol.